The van der Waals surface area contributed by atoms with Crippen molar-refractivity contribution >= 4 is 17.7 Å². The van der Waals surface area contributed by atoms with Crippen LogP contribution in [0.25, 0.3) is 5.76 Å². The highest BCUT2D eigenvalue weighted by Crippen LogP contribution is 2.34. The Morgan fingerprint density at radius 2 is 2.12 bits per heavy atom. The average Bonchev–Trinajstić information content (AvgIpc) is 2.71. The first-order chi connectivity index (χ1) is 8.13. The van der Waals surface area contributed by atoms with E-state index in [1.54, 1.807) is 24.3 Å². The monoisotopic (exact) mass is 234 g/mol. The Labute approximate surface area is 97.3 Å². The van der Waals surface area contributed by atoms with Crippen molar-refractivity contribution in [3.63, 3.8) is 0 Å². The van der Waals surface area contributed by atoms with E-state index in [1.807, 2.05) is 0 Å². The number of hydrogen-bond donors (Lipinski definition) is 1. The molecule has 1 N–H and O–H groups in total. The van der Waals surface area contributed by atoms with Crippen LogP contribution in [0.3, 0.4) is 0 Å². The summed E-state index contributed by atoms with van der Waals surface area (Å²) >= 11 is 0. The molecule has 1 aromatic rings. The first kappa shape index (κ1) is 11.2. The van der Waals surface area contributed by atoms with Crippen LogP contribution in [-0.2, 0) is 14.3 Å². The third-order valence-corrected chi connectivity index (χ3v) is 2.42. The van der Waals surface area contributed by atoms with Crippen molar-refractivity contribution in [2.24, 2.45) is 0 Å². The molecule has 0 bridgehead atoms. The summed E-state index contributed by atoms with van der Waals surface area (Å²) in [7, 11) is 1.47. The molecule has 0 saturated heterocycles. The number of para-hydroxylation sites is 1. The molecule has 5 heteroatoms. The number of benzene rings is 1. The molecule has 0 saturated carbocycles. The van der Waals surface area contributed by atoms with Crippen LogP contribution in [0.5, 0.6) is 5.75 Å². The van der Waals surface area contributed by atoms with Gasteiger partial charge in [0.15, 0.2) is 5.76 Å². The maximum atomic E-state index is 11.2. The molecule has 0 aromatic heterocycles. The minimum absolute atomic E-state index is 0.0421. The zero-order chi connectivity index (χ0) is 12.4. The van der Waals surface area contributed by atoms with Crippen LogP contribution in [-0.4, -0.2) is 24.2 Å². The van der Waals surface area contributed by atoms with Crippen LogP contribution < -0.4 is 4.74 Å². The molecular formula is C12H10O5. The Kier molecular flexibility index (Phi) is 2.82. The summed E-state index contributed by atoms with van der Waals surface area (Å²) in [6, 6.07) is 6.79. The summed E-state index contributed by atoms with van der Waals surface area (Å²) in [4.78, 5) is 22.2. The van der Waals surface area contributed by atoms with Crippen LogP contribution in [0.15, 0.2) is 29.8 Å². The van der Waals surface area contributed by atoms with Gasteiger partial charge in [0.25, 0.3) is 0 Å². The Hall–Kier alpha value is -2.30. The largest absolute Gasteiger partial charge is 0.496 e. The topological polar surface area (TPSA) is 72.8 Å². The number of cyclic esters (lactones) is 1. The first-order valence-electron chi connectivity index (χ1n) is 4.94. The summed E-state index contributed by atoms with van der Waals surface area (Å²) < 4.78 is 10.0. The first-order valence-corrected chi connectivity index (χ1v) is 4.94. The lowest BCUT2D eigenvalue weighted by Gasteiger charge is -2.08. The van der Waals surface area contributed by atoms with Crippen LogP contribution in [0.1, 0.15) is 12.0 Å². The van der Waals surface area contributed by atoms with Gasteiger partial charge in [-0.2, -0.15) is 0 Å². The van der Waals surface area contributed by atoms with Crippen LogP contribution in [0, 0.1) is 0 Å². The molecule has 17 heavy (non-hydrogen) atoms. The Morgan fingerprint density at radius 3 is 2.76 bits per heavy atom. The average molecular weight is 234 g/mol. The van der Waals surface area contributed by atoms with Gasteiger partial charge in [-0.3, -0.25) is 4.79 Å². The number of carboxylic acids is 1. The lowest BCUT2D eigenvalue weighted by atomic mass is 10.1. The third kappa shape index (κ3) is 1.99. The molecule has 0 spiro atoms. The molecule has 0 aliphatic carbocycles. The maximum Gasteiger partial charge on any atom is 0.335 e. The molecule has 5 nitrogen and oxygen atoms in total. The quantitative estimate of drug-likeness (QED) is 0.801. The van der Waals surface area contributed by atoms with Gasteiger partial charge in [0.05, 0.1) is 24.7 Å². The van der Waals surface area contributed by atoms with Crippen molar-refractivity contribution < 1.29 is 24.2 Å². The molecule has 88 valence electrons. The molecule has 0 radical (unpaired) electrons. The van der Waals surface area contributed by atoms with E-state index in [-0.39, 0.29) is 17.8 Å². The predicted molar refractivity (Wildman–Crippen MR) is 58.3 cm³/mol. The van der Waals surface area contributed by atoms with Crippen molar-refractivity contribution in [2.45, 2.75) is 6.42 Å². The fourth-order valence-corrected chi connectivity index (χ4v) is 1.66. The SMILES string of the molecule is COc1ccccc1C1=C(C(=O)O)CC(=O)O1. The van der Waals surface area contributed by atoms with Gasteiger partial charge >= 0.3 is 11.9 Å². The third-order valence-electron chi connectivity index (χ3n) is 2.42. The lowest BCUT2D eigenvalue weighted by molar-refractivity contribution is -0.136. The summed E-state index contributed by atoms with van der Waals surface area (Å²) in [5, 5.41) is 9.00. The summed E-state index contributed by atoms with van der Waals surface area (Å²) in [5.41, 5.74) is 0.428. The predicted octanol–water partition coefficient (Wildman–Crippen LogP) is 1.44. The number of carboxylic acid groups (broad SMARTS) is 1. The number of aliphatic carboxylic acids is 1. The van der Waals surface area contributed by atoms with Gasteiger partial charge in [-0.25, -0.2) is 4.79 Å². The highest BCUT2D eigenvalue weighted by Gasteiger charge is 2.31. The van der Waals surface area contributed by atoms with Crippen LogP contribution >= 0.6 is 0 Å². The van der Waals surface area contributed by atoms with Gasteiger partial charge in [0.1, 0.15) is 5.75 Å². The molecule has 0 unspecified atom stereocenters. The molecule has 1 aliphatic rings. The second kappa shape index (κ2) is 4.29. The highest BCUT2D eigenvalue weighted by molar-refractivity contribution is 6.05. The molecule has 2 rings (SSSR count). The second-order valence-electron chi connectivity index (χ2n) is 3.46. The van der Waals surface area contributed by atoms with E-state index in [9.17, 15) is 9.59 Å². The zero-order valence-corrected chi connectivity index (χ0v) is 9.10. The molecule has 0 atom stereocenters. The van der Waals surface area contributed by atoms with Crippen molar-refractivity contribution in [1.82, 2.24) is 0 Å². The van der Waals surface area contributed by atoms with Gasteiger partial charge in [-0.1, -0.05) is 12.1 Å². The normalized spacial score (nSPS) is 14.8. The van der Waals surface area contributed by atoms with Gasteiger partial charge in [-0.05, 0) is 12.1 Å². The molecule has 1 aliphatic heterocycles. The van der Waals surface area contributed by atoms with Gasteiger partial charge < -0.3 is 14.6 Å². The summed E-state index contributed by atoms with van der Waals surface area (Å²) in [6.07, 6.45) is -0.220. The van der Waals surface area contributed by atoms with Crippen LogP contribution in [0.4, 0.5) is 0 Å². The standard InChI is InChI=1S/C12H10O5/c1-16-9-5-3-2-4-7(9)11-8(12(14)15)6-10(13)17-11/h2-5H,6H2,1H3,(H,14,15). The fraction of sp³-hybridized carbons (Fsp3) is 0.167. The maximum absolute atomic E-state index is 11.2. The van der Waals surface area contributed by atoms with E-state index in [0.717, 1.165) is 0 Å². The molecule has 1 heterocycles. The second-order valence-corrected chi connectivity index (χ2v) is 3.46. The smallest absolute Gasteiger partial charge is 0.335 e. The Balaban J connectivity index is 2.54. The van der Waals surface area contributed by atoms with Gasteiger partial charge in [0.2, 0.25) is 0 Å². The number of esters is 1. The van der Waals surface area contributed by atoms with Crippen molar-refractivity contribution in [2.75, 3.05) is 7.11 Å². The fourth-order valence-electron chi connectivity index (χ4n) is 1.66. The number of ether oxygens (including phenoxy) is 2. The number of methoxy groups -OCH3 is 1. The van der Waals surface area contributed by atoms with Crippen molar-refractivity contribution in [3.05, 3.63) is 35.4 Å². The zero-order valence-electron chi connectivity index (χ0n) is 9.10. The Morgan fingerprint density at radius 1 is 1.41 bits per heavy atom. The van der Waals surface area contributed by atoms with Crippen LogP contribution in [0.2, 0.25) is 0 Å². The summed E-state index contributed by atoms with van der Waals surface area (Å²) in [6.45, 7) is 0. The lowest BCUT2D eigenvalue weighted by Crippen LogP contribution is -2.01. The van der Waals surface area contributed by atoms with E-state index < -0.39 is 11.9 Å². The molecule has 0 amide bonds. The van der Waals surface area contributed by atoms with Gasteiger partial charge in [-0.15, -0.1) is 0 Å². The molecular weight excluding hydrogens is 224 g/mol. The van der Waals surface area contributed by atoms with E-state index >= 15 is 0 Å². The highest BCUT2D eigenvalue weighted by atomic mass is 16.5. The number of rotatable bonds is 3. The van der Waals surface area contributed by atoms with Gasteiger partial charge in [0, 0.05) is 0 Å². The number of carbonyl (C=O) groups excluding carboxylic acids is 1. The van der Waals surface area contributed by atoms with E-state index in [4.69, 9.17) is 14.6 Å². The summed E-state index contributed by atoms with van der Waals surface area (Å²) in [5.74, 6) is -1.18. The van der Waals surface area contributed by atoms with Crippen molar-refractivity contribution in [3.8, 4) is 5.75 Å². The number of carbonyl (C=O) groups is 2. The van der Waals surface area contributed by atoms with E-state index in [2.05, 4.69) is 0 Å². The Bertz CT molecular complexity index is 515. The molecule has 0 fully saturated rings. The minimum atomic E-state index is -1.16. The minimum Gasteiger partial charge on any atom is -0.496 e. The van der Waals surface area contributed by atoms with E-state index in [0.29, 0.717) is 11.3 Å². The van der Waals surface area contributed by atoms with E-state index in [1.165, 1.54) is 7.11 Å². The number of hydrogen-bond acceptors (Lipinski definition) is 4. The van der Waals surface area contributed by atoms with Crippen molar-refractivity contribution in [1.29, 1.82) is 0 Å². The molecule has 1 aromatic carbocycles.